The maximum Gasteiger partial charge on any atom is 0.378 e. The van der Waals surface area contributed by atoms with Crippen molar-refractivity contribution in [2.75, 3.05) is 6.61 Å². The zero-order valence-corrected chi connectivity index (χ0v) is 9.71. The molecular weight excluding hydrogens is 239 g/mol. The zero-order valence-electron chi connectivity index (χ0n) is 9.71. The van der Waals surface area contributed by atoms with Crippen molar-refractivity contribution in [2.45, 2.75) is 13.5 Å². The van der Waals surface area contributed by atoms with E-state index in [1.54, 1.807) is 25.1 Å². The Morgan fingerprint density at radius 3 is 2.94 bits per heavy atom. The summed E-state index contributed by atoms with van der Waals surface area (Å²) in [7, 11) is 0. The van der Waals surface area contributed by atoms with E-state index < -0.39 is 5.97 Å². The van der Waals surface area contributed by atoms with Crippen LogP contribution in [0.3, 0.4) is 0 Å². The van der Waals surface area contributed by atoms with Crippen LogP contribution in [0.5, 0.6) is 0 Å². The van der Waals surface area contributed by atoms with E-state index in [1.807, 2.05) is 0 Å². The zero-order chi connectivity index (χ0) is 13.0. The van der Waals surface area contributed by atoms with E-state index >= 15 is 0 Å². The van der Waals surface area contributed by atoms with Gasteiger partial charge in [-0.2, -0.15) is 0 Å². The topological polar surface area (TPSA) is 69.9 Å². The van der Waals surface area contributed by atoms with E-state index in [4.69, 9.17) is 4.74 Å². The lowest BCUT2D eigenvalue weighted by atomic mass is 10.2. The first-order valence-corrected chi connectivity index (χ1v) is 5.39. The Hall–Kier alpha value is -2.31. The van der Waals surface area contributed by atoms with Gasteiger partial charge in [0.2, 0.25) is 0 Å². The first-order chi connectivity index (χ1) is 8.72. The van der Waals surface area contributed by atoms with Crippen molar-refractivity contribution in [1.82, 2.24) is 20.2 Å². The van der Waals surface area contributed by atoms with Crippen molar-refractivity contribution >= 4 is 5.97 Å². The van der Waals surface area contributed by atoms with Crippen molar-refractivity contribution in [1.29, 1.82) is 0 Å². The van der Waals surface area contributed by atoms with Gasteiger partial charge >= 0.3 is 5.97 Å². The van der Waals surface area contributed by atoms with Crippen molar-refractivity contribution in [2.24, 2.45) is 0 Å². The lowest BCUT2D eigenvalue weighted by Gasteiger charge is -2.05. The highest BCUT2D eigenvalue weighted by Gasteiger charge is 2.17. The van der Waals surface area contributed by atoms with Crippen LogP contribution in [0.4, 0.5) is 4.39 Å². The molecule has 2 aromatic rings. The Morgan fingerprint density at radius 1 is 1.44 bits per heavy atom. The third-order valence-electron chi connectivity index (χ3n) is 2.27. The molecule has 0 saturated carbocycles. The molecule has 18 heavy (non-hydrogen) atoms. The summed E-state index contributed by atoms with van der Waals surface area (Å²) in [6.45, 7) is 1.99. The van der Waals surface area contributed by atoms with Gasteiger partial charge in [0.05, 0.1) is 13.2 Å². The van der Waals surface area contributed by atoms with Crippen LogP contribution in [0.25, 0.3) is 0 Å². The number of halogens is 1. The van der Waals surface area contributed by atoms with Gasteiger partial charge in [-0.05, 0) is 23.4 Å². The molecule has 0 N–H and O–H groups in total. The first-order valence-electron chi connectivity index (χ1n) is 5.39. The highest BCUT2D eigenvalue weighted by Crippen LogP contribution is 2.09. The smallest absolute Gasteiger partial charge is 0.378 e. The summed E-state index contributed by atoms with van der Waals surface area (Å²) in [5.41, 5.74) is 0.398. The Bertz CT molecular complexity index is 555. The molecule has 0 unspecified atom stereocenters. The van der Waals surface area contributed by atoms with E-state index in [0.717, 1.165) is 0 Å². The van der Waals surface area contributed by atoms with E-state index in [-0.39, 0.29) is 24.8 Å². The van der Waals surface area contributed by atoms with Gasteiger partial charge < -0.3 is 4.74 Å². The third-order valence-corrected chi connectivity index (χ3v) is 2.27. The monoisotopic (exact) mass is 250 g/mol. The molecule has 0 amide bonds. The van der Waals surface area contributed by atoms with Gasteiger partial charge in [0, 0.05) is 5.56 Å². The SMILES string of the molecule is CCOC(=O)c1nnnn1Cc1ccccc1F. The van der Waals surface area contributed by atoms with Gasteiger partial charge in [-0.3, -0.25) is 0 Å². The fraction of sp³-hybridized carbons (Fsp3) is 0.273. The summed E-state index contributed by atoms with van der Waals surface area (Å²) in [4.78, 5) is 11.5. The molecule has 0 radical (unpaired) electrons. The molecule has 1 heterocycles. The average molecular weight is 250 g/mol. The van der Waals surface area contributed by atoms with Crippen molar-refractivity contribution < 1.29 is 13.9 Å². The molecule has 0 aliphatic carbocycles. The number of carbonyl (C=O) groups excluding carboxylic acids is 1. The van der Waals surface area contributed by atoms with Crippen LogP contribution >= 0.6 is 0 Å². The largest absolute Gasteiger partial charge is 0.460 e. The summed E-state index contributed by atoms with van der Waals surface area (Å²) in [6.07, 6.45) is 0. The van der Waals surface area contributed by atoms with Crippen LogP contribution in [-0.2, 0) is 11.3 Å². The third kappa shape index (κ3) is 2.50. The normalized spacial score (nSPS) is 10.3. The molecule has 0 fully saturated rings. The summed E-state index contributed by atoms with van der Waals surface area (Å²) in [5.74, 6) is -1.04. The molecule has 0 aliphatic rings. The maximum absolute atomic E-state index is 13.5. The lowest BCUT2D eigenvalue weighted by molar-refractivity contribution is 0.0505. The second kappa shape index (κ2) is 5.35. The predicted molar refractivity (Wildman–Crippen MR) is 59.3 cm³/mol. The van der Waals surface area contributed by atoms with Crippen molar-refractivity contribution in [3.63, 3.8) is 0 Å². The number of nitrogens with zero attached hydrogens (tertiary/aromatic N) is 4. The minimum atomic E-state index is -0.626. The van der Waals surface area contributed by atoms with Gasteiger partial charge in [0.15, 0.2) is 0 Å². The van der Waals surface area contributed by atoms with Crippen LogP contribution in [0.2, 0.25) is 0 Å². The molecule has 0 bridgehead atoms. The Labute approximate surface area is 102 Å². The molecule has 6 nitrogen and oxygen atoms in total. The Balaban J connectivity index is 2.23. The highest BCUT2D eigenvalue weighted by molar-refractivity contribution is 5.85. The van der Waals surface area contributed by atoms with Gasteiger partial charge in [0.25, 0.3) is 5.82 Å². The van der Waals surface area contributed by atoms with E-state index in [0.29, 0.717) is 5.56 Å². The fourth-order valence-electron chi connectivity index (χ4n) is 1.44. The average Bonchev–Trinajstić information content (AvgIpc) is 2.81. The number of aromatic nitrogens is 4. The van der Waals surface area contributed by atoms with Crippen LogP contribution < -0.4 is 0 Å². The fourth-order valence-corrected chi connectivity index (χ4v) is 1.44. The number of hydrogen-bond donors (Lipinski definition) is 0. The van der Waals surface area contributed by atoms with Gasteiger partial charge in [-0.1, -0.05) is 18.2 Å². The number of esters is 1. The highest BCUT2D eigenvalue weighted by atomic mass is 19.1. The van der Waals surface area contributed by atoms with E-state index in [2.05, 4.69) is 15.5 Å². The van der Waals surface area contributed by atoms with Gasteiger partial charge in [0.1, 0.15) is 5.82 Å². The second-order valence-electron chi connectivity index (χ2n) is 3.47. The van der Waals surface area contributed by atoms with E-state index in [9.17, 15) is 9.18 Å². The first kappa shape index (κ1) is 12.2. The second-order valence-corrected chi connectivity index (χ2v) is 3.47. The van der Waals surface area contributed by atoms with Gasteiger partial charge in [-0.15, -0.1) is 5.10 Å². The number of carbonyl (C=O) groups is 1. The summed E-state index contributed by atoms with van der Waals surface area (Å²) < 4.78 is 19.5. The summed E-state index contributed by atoms with van der Waals surface area (Å²) in [6, 6.07) is 6.23. The minimum Gasteiger partial charge on any atom is -0.460 e. The molecule has 1 aromatic heterocycles. The Morgan fingerprint density at radius 2 is 2.22 bits per heavy atom. The van der Waals surface area contributed by atoms with Crippen molar-refractivity contribution in [3.8, 4) is 0 Å². The van der Waals surface area contributed by atoms with Gasteiger partial charge in [-0.25, -0.2) is 13.9 Å². The minimum absolute atomic E-state index is 0.0416. The van der Waals surface area contributed by atoms with Crippen LogP contribution in [-0.4, -0.2) is 32.8 Å². The number of tetrazole rings is 1. The molecule has 0 atom stereocenters. The van der Waals surface area contributed by atoms with E-state index in [1.165, 1.54) is 10.7 Å². The molecular formula is C11H11FN4O2. The standard InChI is InChI=1S/C11H11FN4O2/c1-2-18-11(17)10-13-14-15-16(10)7-8-5-3-4-6-9(8)12/h3-6H,2,7H2,1H3. The lowest BCUT2D eigenvalue weighted by Crippen LogP contribution is -2.15. The summed E-state index contributed by atoms with van der Waals surface area (Å²) in [5, 5.41) is 10.6. The van der Waals surface area contributed by atoms with Crippen LogP contribution in [0, 0.1) is 5.82 Å². The molecule has 2 rings (SSSR count). The molecule has 0 aliphatic heterocycles. The molecule has 7 heteroatoms. The number of hydrogen-bond acceptors (Lipinski definition) is 5. The molecule has 94 valence electrons. The number of rotatable bonds is 4. The number of ether oxygens (including phenoxy) is 1. The van der Waals surface area contributed by atoms with Crippen molar-refractivity contribution in [3.05, 3.63) is 41.5 Å². The molecule has 0 spiro atoms. The number of benzene rings is 1. The predicted octanol–water partition coefficient (Wildman–Crippen LogP) is 1.04. The molecule has 1 aromatic carbocycles. The summed E-state index contributed by atoms with van der Waals surface area (Å²) >= 11 is 0. The van der Waals surface area contributed by atoms with Crippen LogP contribution in [0.1, 0.15) is 23.1 Å². The van der Waals surface area contributed by atoms with Crippen LogP contribution in [0.15, 0.2) is 24.3 Å². The maximum atomic E-state index is 13.5. The quantitative estimate of drug-likeness (QED) is 0.758. The Kier molecular flexibility index (Phi) is 3.61. The molecule has 0 saturated heterocycles.